The van der Waals surface area contributed by atoms with Crippen LogP contribution in [0.4, 0.5) is 0 Å². The minimum absolute atomic E-state index is 0.290. The summed E-state index contributed by atoms with van der Waals surface area (Å²) in [6, 6.07) is 8.76. The van der Waals surface area contributed by atoms with Gasteiger partial charge in [0.25, 0.3) is 0 Å². The maximum absolute atomic E-state index is 11.6. The van der Waals surface area contributed by atoms with Gasteiger partial charge in [0.1, 0.15) is 11.1 Å². The first-order valence-corrected chi connectivity index (χ1v) is 11.8. The average molecular weight is 469 g/mol. The fraction of sp³-hybridized carbons (Fsp3) is 0.316. The van der Waals surface area contributed by atoms with Crippen molar-refractivity contribution in [3.05, 3.63) is 56.5 Å². The van der Waals surface area contributed by atoms with Crippen LogP contribution in [0.5, 0.6) is 0 Å². The van der Waals surface area contributed by atoms with Gasteiger partial charge in [-0.2, -0.15) is 0 Å². The predicted octanol–water partition coefficient (Wildman–Crippen LogP) is 4.20. The van der Waals surface area contributed by atoms with Crippen molar-refractivity contribution in [2.75, 3.05) is 13.3 Å². The molecule has 0 amide bonds. The number of sulfone groups is 1. The molecular formula is C19H21BrN2O3S2. The Labute approximate surface area is 171 Å². The normalized spacial score (nSPS) is 13.4. The molecule has 2 heterocycles. The van der Waals surface area contributed by atoms with Gasteiger partial charge in [0.2, 0.25) is 0 Å². The number of fused-ring (bicyclic) bond motifs is 1. The van der Waals surface area contributed by atoms with E-state index in [1.807, 2.05) is 31.9 Å². The highest BCUT2D eigenvalue weighted by molar-refractivity contribution is 9.10. The number of hydrogen-bond donors (Lipinski definition) is 1. The molecule has 0 radical (unpaired) electrons. The lowest BCUT2D eigenvalue weighted by Gasteiger charge is -2.23. The Morgan fingerprint density at radius 1 is 1.26 bits per heavy atom. The number of aryl methyl sites for hydroxylation is 2. The molecule has 0 bridgehead atoms. The zero-order valence-electron chi connectivity index (χ0n) is 15.5. The molecular weight excluding hydrogens is 448 g/mol. The first-order valence-electron chi connectivity index (χ1n) is 8.31. The molecule has 0 fully saturated rings. The number of halogens is 1. The van der Waals surface area contributed by atoms with Crippen molar-refractivity contribution >= 4 is 47.3 Å². The van der Waals surface area contributed by atoms with Crippen LogP contribution in [0.15, 0.2) is 39.7 Å². The van der Waals surface area contributed by atoms with Gasteiger partial charge >= 0.3 is 0 Å². The van der Waals surface area contributed by atoms with Crippen LogP contribution in [0, 0.1) is 13.8 Å². The highest BCUT2D eigenvalue weighted by Gasteiger charge is 2.23. The topological polar surface area (TPSA) is 70.5 Å². The summed E-state index contributed by atoms with van der Waals surface area (Å²) in [5.74, 6) is 0. The van der Waals surface area contributed by atoms with Gasteiger partial charge in [-0.05, 0) is 66.2 Å². The maximum atomic E-state index is 11.6. The molecule has 8 heteroatoms. The highest BCUT2D eigenvalue weighted by Crippen LogP contribution is 2.41. The van der Waals surface area contributed by atoms with E-state index in [-0.39, 0.29) is 0 Å². The molecule has 3 rings (SSSR count). The molecule has 0 aliphatic heterocycles. The van der Waals surface area contributed by atoms with Gasteiger partial charge in [0.15, 0.2) is 9.84 Å². The molecule has 0 aliphatic carbocycles. The van der Waals surface area contributed by atoms with E-state index in [1.165, 1.54) is 17.6 Å². The van der Waals surface area contributed by atoms with Gasteiger partial charge in [-0.15, -0.1) is 11.3 Å². The van der Waals surface area contributed by atoms with Gasteiger partial charge in [0.05, 0.1) is 9.77 Å². The van der Waals surface area contributed by atoms with E-state index in [0.717, 1.165) is 36.4 Å². The number of benzene rings is 1. The first-order chi connectivity index (χ1) is 12.6. The quantitative estimate of drug-likeness (QED) is 0.568. The Hall–Kier alpha value is -1.32. The van der Waals surface area contributed by atoms with E-state index >= 15 is 0 Å². The van der Waals surface area contributed by atoms with E-state index in [1.54, 1.807) is 24.3 Å². The average Bonchev–Trinajstić information content (AvgIpc) is 2.90. The summed E-state index contributed by atoms with van der Waals surface area (Å²) in [4.78, 5) is 8.39. The zero-order chi connectivity index (χ0) is 19.9. The molecule has 144 valence electrons. The fourth-order valence-electron chi connectivity index (χ4n) is 3.00. The number of aliphatic hydroxyl groups excluding tert-OH is 1. The minimum Gasteiger partial charge on any atom is -0.373 e. The van der Waals surface area contributed by atoms with Crippen molar-refractivity contribution in [1.29, 1.82) is 0 Å². The van der Waals surface area contributed by atoms with Crippen LogP contribution >= 0.6 is 27.3 Å². The van der Waals surface area contributed by atoms with Crippen molar-refractivity contribution in [3.8, 4) is 0 Å². The number of hydrogen-bond acceptors (Lipinski definition) is 6. The highest BCUT2D eigenvalue weighted by atomic mass is 79.9. The Morgan fingerprint density at radius 2 is 1.89 bits per heavy atom. The van der Waals surface area contributed by atoms with Crippen molar-refractivity contribution in [1.82, 2.24) is 9.88 Å². The van der Waals surface area contributed by atoms with Crippen LogP contribution in [-0.4, -0.2) is 36.7 Å². The van der Waals surface area contributed by atoms with Crippen LogP contribution in [0.1, 0.15) is 27.9 Å². The van der Waals surface area contributed by atoms with Crippen LogP contribution in [0.2, 0.25) is 0 Å². The van der Waals surface area contributed by atoms with Crippen LogP contribution in [-0.2, 0) is 16.4 Å². The van der Waals surface area contributed by atoms with E-state index < -0.39 is 16.1 Å². The van der Waals surface area contributed by atoms with Gasteiger partial charge in [0, 0.05) is 28.4 Å². The molecule has 1 atom stereocenters. The molecule has 1 aromatic carbocycles. The number of thiophene rings is 1. The number of pyridine rings is 1. The van der Waals surface area contributed by atoms with Crippen molar-refractivity contribution in [3.63, 3.8) is 0 Å². The second-order valence-electron chi connectivity index (χ2n) is 6.75. The van der Waals surface area contributed by atoms with Gasteiger partial charge < -0.3 is 5.11 Å². The molecule has 27 heavy (non-hydrogen) atoms. The number of aliphatic hydroxyl groups is 1. The van der Waals surface area contributed by atoms with Gasteiger partial charge in [-0.1, -0.05) is 12.1 Å². The van der Waals surface area contributed by atoms with Gasteiger partial charge in [-0.3, -0.25) is 4.90 Å². The Kier molecular flexibility index (Phi) is 5.74. The van der Waals surface area contributed by atoms with E-state index in [2.05, 4.69) is 20.9 Å². The second kappa shape index (κ2) is 7.60. The first kappa shape index (κ1) is 20.4. The summed E-state index contributed by atoms with van der Waals surface area (Å²) in [6.45, 7) is 4.48. The summed E-state index contributed by atoms with van der Waals surface area (Å²) >= 11 is 5.11. The number of rotatable bonds is 5. The molecule has 1 N–H and O–H groups in total. The second-order valence-corrected chi connectivity index (χ2v) is 10.6. The number of nitrogens with zero attached hydrogens (tertiary/aromatic N) is 2. The maximum Gasteiger partial charge on any atom is 0.175 e. The molecule has 3 aromatic rings. The molecule has 0 spiro atoms. The SMILES string of the molecule is Cc1cc(C)c2c(Br)c(C(O)N(C)Cc3ccc(S(C)(=O)=O)cc3)sc2n1. The monoisotopic (exact) mass is 468 g/mol. The largest absolute Gasteiger partial charge is 0.373 e. The van der Waals surface area contributed by atoms with Crippen molar-refractivity contribution in [2.45, 2.75) is 31.5 Å². The third-order valence-corrected chi connectivity index (χ3v) is 7.73. The van der Waals surface area contributed by atoms with Crippen LogP contribution in [0.3, 0.4) is 0 Å². The summed E-state index contributed by atoms with van der Waals surface area (Å²) in [5.41, 5.74) is 3.00. The summed E-state index contributed by atoms with van der Waals surface area (Å²) in [7, 11) is -1.38. The summed E-state index contributed by atoms with van der Waals surface area (Å²) in [6.07, 6.45) is 0.391. The third kappa shape index (κ3) is 4.25. The number of aromatic nitrogens is 1. The van der Waals surface area contributed by atoms with Crippen LogP contribution < -0.4 is 0 Å². The van der Waals surface area contributed by atoms with Crippen LogP contribution in [0.25, 0.3) is 10.2 Å². The molecule has 2 aromatic heterocycles. The van der Waals surface area contributed by atoms with Crippen molar-refractivity contribution in [2.24, 2.45) is 0 Å². The fourth-order valence-corrected chi connectivity index (χ4v) is 5.95. The predicted molar refractivity (Wildman–Crippen MR) is 113 cm³/mol. The van der Waals surface area contributed by atoms with E-state index in [9.17, 15) is 13.5 Å². The Balaban J connectivity index is 1.85. The molecule has 5 nitrogen and oxygen atoms in total. The van der Waals surface area contributed by atoms with Crippen molar-refractivity contribution < 1.29 is 13.5 Å². The molecule has 0 aliphatic rings. The summed E-state index contributed by atoms with van der Waals surface area (Å²) in [5, 5.41) is 11.9. The third-order valence-electron chi connectivity index (χ3n) is 4.39. The molecule has 1 unspecified atom stereocenters. The standard InChI is InChI=1S/C19H21BrN2O3S2/c1-11-9-12(2)21-18-15(11)16(20)17(26-18)19(23)22(3)10-13-5-7-14(8-6-13)27(4,24)25/h5-9,19,23H,10H2,1-4H3. The minimum atomic E-state index is -3.21. The van der Waals surface area contributed by atoms with E-state index in [0.29, 0.717) is 11.4 Å². The molecule has 0 saturated carbocycles. The lowest BCUT2D eigenvalue weighted by atomic mass is 10.1. The summed E-state index contributed by atoms with van der Waals surface area (Å²) < 4.78 is 24.0. The lowest BCUT2D eigenvalue weighted by molar-refractivity contribution is 0.0177. The smallest absolute Gasteiger partial charge is 0.175 e. The van der Waals surface area contributed by atoms with E-state index in [4.69, 9.17) is 0 Å². The zero-order valence-corrected chi connectivity index (χ0v) is 18.7. The molecule has 0 saturated heterocycles. The Bertz CT molecular complexity index is 1090. The lowest BCUT2D eigenvalue weighted by Crippen LogP contribution is -2.23. The van der Waals surface area contributed by atoms with Gasteiger partial charge in [-0.25, -0.2) is 13.4 Å². The Morgan fingerprint density at radius 3 is 2.48 bits per heavy atom.